The van der Waals surface area contributed by atoms with Crippen molar-refractivity contribution in [2.45, 2.75) is 46.1 Å². The van der Waals surface area contributed by atoms with Gasteiger partial charge in [-0.15, -0.1) is 0 Å². The Morgan fingerprint density at radius 1 is 1.27 bits per heavy atom. The van der Waals surface area contributed by atoms with Gasteiger partial charge >= 0.3 is 5.97 Å². The molecule has 0 aliphatic rings. The third kappa shape index (κ3) is 5.48. The minimum absolute atomic E-state index is 0.113. The van der Waals surface area contributed by atoms with Crippen molar-refractivity contribution >= 4 is 11.9 Å². The van der Waals surface area contributed by atoms with Crippen molar-refractivity contribution in [3.8, 4) is 0 Å². The lowest BCUT2D eigenvalue weighted by molar-refractivity contribution is -0.142. The molecule has 0 aromatic heterocycles. The highest BCUT2D eigenvalue weighted by Gasteiger charge is 2.23. The van der Waals surface area contributed by atoms with Crippen LogP contribution in [0, 0.1) is 13.8 Å². The number of hydrogen-bond donors (Lipinski definition) is 2. The molecule has 0 saturated heterocycles. The summed E-state index contributed by atoms with van der Waals surface area (Å²) in [5.74, 6) is -1.49. The van der Waals surface area contributed by atoms with Gasteiger partial charge in [-0.3, -0.25) is 4.79 Å². The van der Waals surface area contributed by atoms with Crippen molar-refractivity contribution in [3.05, 3.63) is 34.9 Å². The van der Waals surface area contributed by atoms with E-state index in [2.05, 4.69) is 12.2 Å². The normalized spacial score (nSPS) is 12.0. The molecular formula is C17H25NO4. The maximum atomic E-state index is 11.9. The number of carbonyl (C=O) groups is 2. The van der Waals surface area contributed by atoms with Gasteiger partial charge in [0.15, 0.2) is 6.04 Å². The van der Waals surface area contributed by atoms with E-state index < -0.39 is 17.9 Å². The van der Waals surface area contributed by atoms with Crippen molar-refractivity contribution in [1.29, 1.82) is 0 Å². The molecule has 1 atom stereocenters. The lowest BCUT2D eigenvalue weighted by atomic mass is 9.97. The lowest BCUT2D eigenvalue weighted by Gasteiger charge is -2.18. The van der Waals surface area contributed by atoms with Crippen molar-refractivity contribution in [1.82, 2.24) is 5.32 Å². The molecule has 1 aromatic rings. The summed E-state index contributed by atoms with van der Waals surface area (Å²) < 4.78 is 5.26. The Kier molecular flexibility index (Phi) is 7.60. The molecule has 0 radical (unpaired) electrons. The van der Waals surface area contributed by atoms with E-state index in [1.807, 2.05) is 19.9 Å². The number of carboxylic acid groups (broad SMARTS) is 1. The summed E-state index contributed by atoms with van der Waals surface area (Å²) in [5.41, 5.74) is 2.47. The van der Waals surface area contributed by atoms with E-state index in [1.165, 1.54) is 0 Å². The van der Waals surface area contributed by atoms with Crippen LogP contribution in [0.3, 0.4) is 0 Å². The highest BCUT2D eigenvalue weighted by Crippen LogP contribution is 2.20. The van der Waals surface area contributed by atoms with Gasteiger partial charge in [-0.05, 0) is 37.0 Å². The number of carbonyl (C=O) groups excluding carboxylic acids is 1. The molecular weight excluding hydrogens is 282 g/mol. The van der Waals surface area contributed by atoms with Gasteiger partial charge in [0.2, 0.25) is 5.91 Å². The first-order valence-electron chi connectivity index (χ1n) is 7.63. The fourth-order valence-electron chi connectivity index (χ4n) is 2.18. The van der Waals surface area contributed by atoms with Gasteiger partial charge < -0.3 is 15.2 Å². The number of hydrogen-bond acceptors (Lipinski definition) is 3. The van der Waals surface area contributed by atoms with E-state index in [-0.39, 0.29) is 6.61 Å². The lowest BCUT2D eigenvalue weighted by Crippen LogP contribution is -2.36. The van der Waals surface area contributed by atoms with Gasteiger partial charge in [-0.25, -0.2) is 4.79 Å². The second-order valence-electron chi connectivity index (χ2n) is 5.39. The number of ether oxygens (including phenoxy) is 1. The average Bonchev–Trinajstić information content (AvgIpc) is 2.47. The van der Waals surface area contributed by atoms with Crippen LogP contribution in [0.25, 0.3) is 0 Å². The minimum atomic E-state index is -1.08. The summed E-state index contributed by atoms with van der Waals surface area (Å²) in [6.07, 6.45) is 3.05. The van der Waals surface area contributed by atoms with Crippen LogP contribution in [0.15, 0.2) is 18.2 Å². The monoisotopic (exact) mass is 307 g/mol. The summed E-state index contributed by atoms with van der Waals surface area (Å²) in [7, 11) is 0. The van der Waals surface area contributed by atoms with E-state index in [9.17, 15) is 14.7 Å². The average molecular weight is 307 g/mol. The summed E-state index contributed by atoms with van der Waals surface area (Å²) in [5, 5.41) is 11.9. The molecule has 1 unspecified atom stereocenters. The first-order chi connectivity index (χ1) is 10.5. The quantitative estimate of drug-likeness (QED) is 0.688. The number of nitrogens with one attached hydrogen (secondary N) is 1. The Labute approximate surface area is 131 Å². The van der Waals surface area contributed by atoms with Crippen LogP contribution in [0.1, 0.15) is 48.9 Å². The van der Waals surface area contributed by atoms with Gasteiger partial charge in [0, 0.05) is 6.61 Å². The van der Waals surface area contributed by atoms with Gasteiger partial charge in [-0.1, -0.05) is 38.0 Å². The molecule has 0 spiro atoms. The van der Waals surface area contributed by atoms with Crippen LogP contribution >= 0.6 is 0 Å². The Morgan fingerprint density at radius 2 is 2.00 bits per heavy atom. The summed E-state index contributed by atoms with van der Waals surface area (Å²) >= 11 is 0. The highest BCUT2D eigenvalue weighted by atomic mass is 16.5. The third-order valence-corrected chi connectivity index (χ3v) is 3.64. The second-order valence-corrected chi connectivity index (χ2v) is 5.39. The highest BCUT2D eigenvalue weighted by molar-refractivity contribution is 5.85. The molecule has 5 nitrogen and oxygen atoms in total. The van der Waals surface area contributed by atoms with Crippen molar-refractivity contribution in [2.75, 3.05) is 13.2 Å². The zero-order chi connectivity index (χ0) is 16.5. The molecule has 22 heavy (non-hydrogen) atoms. The Hall–Kier alpha value is -1.88. The van der Waals surface area contributed by atoms with Gasteiger partial charge in [-0.2, -0.15) is 0 Å². The number of rotatable bonds is 9. The number of aliphatic carboxylic acids is 1. The topological polar surface area (TPSA) is 75.6 Å². The molecule has 0 heterocycles. The predicted octanol–water partition coefficient (Wildman–Crippen LogP) is 2.75. The van der Waals surface area contributed by atoms with Crippen LogP contribution in [0.2, 0.25) is 0 Å². The van der Waals surface area contributed by atoms with Gasteiger partial charge in [0.05, 0.1) is 0 Å². The fraction of sp³-hybridized carbons (Fsp3) is 0.529. The van der Waals surface area contributed by atoms with E-state index in [4.69, 9.17) is 4.74 Å². The molecule has 5 heteroatoms. The number of carboxylic acids is 1. The molecule has 1 amide bonds. The number of benzene rings is 1. The first kappa shape index (κ1) is 18.2. The standard InChI is InChI=1S/C17H25NO4/c1-4-5-6-10-22-11-15(19)18-16(17(20)21)14-9-7-8-12(2)13(14)3/h7-9,16H,4-6,10-11H2,1-3H3,(H,18,19)(H,20,21). The second kappa shape index (κ2) is 9.20. The molecule has 0 aliphatic heterocycles. The smallest absolute Gasteiger partial charge is 0.330 e. The van der Waals surface area contributed by atoms with Crippen molar-refractivity contribution in [3.63, 3.8) is 0 Å². The molecule has 2 N–H and O–H groups in total. The van der Waals surface area contributed by atoms with Gasteiger partial charge in [0.25, 0.3) is 0 Å². The molecule has 0 aliphatic carbocycles. The van der Waals surface area contributed by atoms with Crippen molar-refractivity contribution < 1.29 is 19.4 Å². The molecule has 1 rings (SSSR count). The number of unbranched alkanes of at least 4 members (excludes halogenated alkanes) is 2. The maximum Gasteiger partial charge on any atom is 0.330 e. The molecule has 0 fully saturated rings. The minimum Gasteiger partial charge on any atom is -0.479 e. The molecule has 122 valence electrons. The zero-order valence-electron chi connectivity index (χ0n) is 13.5. The van der Waals surface area contributed by atoms with Crippen LogP contribution in [0.5, 0.6) is 0 Å². The number of aryl methyl sites for hydroxylation is 1. The van der Waals surface area contributed by atoms with Crippen LogP contribution < -0.4 is 5.32 Å². The van der Waals surface area contributed by atoms with Crippen LogP contribution in [0.4, 0.5) is 0 Å². The van der Waals surface area contributed by atoms with E-state index in [0.29, 0.717) is 12.2 Å². The SMILES string of the molecule is CCCCCOCC(=O)NC(C(=O)O)c1cccc(C)c1C. The Balaban J connectivity index is 2.63. The molecule has 0 saturated carbocycles. The molecule has 1 aromatic carbocycles. The summed E-state index contributed by atoms with van der Waals surface area (Å²) in [4.78, 5) is 23.3. The Morgan fingerprint density at radius 3 is 2.64 bits per heavy atom. The molecule has 0 bridgehead atoms. The summed E-state index contributed by atoms with van der Waals surface area (Å²) in [6.45, 7) is 6.26. The van der Waals surface area contributed by atoms with E-state index in [0.717, 1.165) is 30.4 Å². The van der Waals surface area contributed by atoms with E-state index >= 15 is 0 Å². The largest absolute Gasteiger partial charge is 0.479 e. The maximum absolute atomic E-state index is 11.9. The Bertz CT molecular complexity index is 513. The summed E-state index contributed by atoms with van der Waals surface area (Å²) in [6, 6.07) is 4.38. The number of amides is 1. The zero-order valence-corrected chi connectivity index (χ0v) is 13.5. The van der Waals surface area contributed by atoms with E-state index in [1.54, 1.807) is 12.1 Å². The third-order valence-electron chi connectivity index (χ3n) is 3.64. The van der Waals surface area contributed by atoms with Crippen LogP contribution in [-0.2, 0) is 14.3 Å². The fourth-order valence-corrected chi connectivity index (χ4v) is 2.18. The van der Waals surface area contributed by atoms with Gasteiger partial charge in [0.1, 0.15) is 6.61 Å². The first-order valence-corrected chi connectivity index (χ1v) is 7.63. The van der Waals surface area contributed by atoms with Crippen LogP contribution in [-0.4, -0.2) is 30.2 Å². The van der Waals surface area contributed by atoms with Crippen molar-refractivity contribution in [2.24, 2.45) is 0 Å². The predicted molar refractivity (Wildman–Crippen MR) is 84.8 cm³/mol.